The molecule has 5 nitrogen and oxygen atoms in total. The zero-order chi connectivity index (χ0) is 20.4. The monoisotopic (exact) mass is 386 g/mol. The molecule has 0 saturated carbocycles. The van der Waals surface area contributed by atoms with Crippen LogP contribution < -0.4 is 15.0 Å². The molecule has 0 spiro atoms. The predicted octanol–water partition coefficient (Wildman–Crippen LogP) is 4.58. The van der Waals surface area contributed by atoms with Crippen LogP contribution in [0.5, 0.6) is 11.5 Å². The van der Waals surface area contributed by atoms with Crippen LogP contribution in [0.2, 0.25) is 0 Å². The molecular formula is C24H24N3O2+. The molecule has 29 heavy (non-hydrogen) atoms. The van der Waals surface area contributed by atoms with Crippen molar-refractivity contribution >= 4 is 16.7 Å². The Kier molecular flexibility index (Phi) is 5.04. The maximum absolute atomic E-state index is 11.1. The number of nitrogens with zero attached hydrogens (tertiary/aromatic N) is 1. The minimum atomic E-state index is -0.273. The maximum Gasteiger partial charge on any atom is 0.273 e. The van der Waals surface area contributed by atoms with E-state index in [1.165, 1.54) is 0 Å². The van der Waals surface area contributed by atoms with E-state index in [0.717, 1.165) is 39.3 Å². The summed E-state index contributed by atoms with van der Waals surface area (Å²) in [5.41, 5.74) is 4.38. The number of H-pyrrole nitrogens is 1. The second-order valence-electron chi connectivity index (χ2n) is 7.16. The largest absolute Gasteiger partial charge is 0.505 e. The number of hydrogen-bond acceptors (Lipinski definition) is 4. The lowest BCUT2D eigenvalue weighted by atomic mass is 9.96. The number of aromatic amines is 1. The van der Waals surface area contributed by atoms with Crippen molar-refractivity contribution in [3.8, 4) is 11.5 Å². The van der Waals surface area contributed by atoms with Gasteiger partial charge in [-0.15, -0.1) is 0 Å². The second kappa shape index (κ2) is 7.80. The SMILES string of the molecule is COc1ccc([C@H](Nc2cc(C)cc[nH+]2)c2ccc3ccc(C)nc3c2O)cc1. The molecule has 4 aromatic rings. The number of hydrogen-bond donors (Lipinski definition) is 2. The summed E-state index contributed by atoms with van der Waals surface area (Å²) in [7, 11) is 1.65. The van der Waals surface area contributed by atoms with E-state index in [2.05, 4.69) is 15.3 Å². The molecule has 0 fully saturated rings. The quantitative estimate of drug-likeness (QED) is 0.527. The lowest BCUT2D eigenvalue weighted by Gasteiger charge is -2.18. The van der Waals surface area contributed by atoms with Gasteiger partial charge in [0.25, 0.3) is 5.82 Å². The molecule has 2 heterocycles. The molecule has 0 unspecified atom stereocenters. The van der Waals surface area contributed by atoms with E-state index in [1.807, 2.05) is 80.7 Å². The zero-order valence-corrected chi connectivity index (χ0v) is 16.7. The van der Waals surface area contributed by atoms with Gasteiger partial charge in [0.05, 0.1) is 13.3 Å². The smallest absolute Gasteiger partial charge is 0.273 e. The van der Waals surface area contributed by atoms with Gasteiger partial charge in [-0.1, -0.05) is 24.3 Å². The van der Waals surface area contributed by atoms with Crippen molar-refractivity contribution in [2.45, 2.75) is 19.9 Å². The average Bonchev–Trinajstić information content (AvgIpc) is 2.73. The highest BCUT2D eigenvalue weighted by atomic mass is 16.5. The van der Waals surface area contributed by atoms with Gasteiger partial charge in [0.1, 0.15) is 23.1 Å². The first-order valence-electron chi connectivity index (χ1n) is 9.53. The maximum atomic E-state index is 11.1. The third-order valence-corrected chi connectivity index (χ3v) is 5.02. The molecule has 5 heteroatoms. The number of phenolic OH excluding ortho intramolecular Hbond substituents is 1. The zero-order valence-electron chi connectivity index (χ0n) is 16.7. The fourth-order valence-corrected chi connectivity index (χ4v) is 3.48. The molecule has 0 saturated heterocycles. The molecule has 3 N–H and O–H groups in total. The van der Waals surface area contributed by atoms with Gasteiger partial charge >= 0.3 is 0 Å². The van der Waals surface area contributed by atoms with Gasteiger partial charge in [-0.2, -0.15) is 0 Å². The summed E-state index contributed by atoms with van der Waals surface area (Å²) in [4.78, 5) is 7.79. The molecular weight excluding hydrogens is 362 g/mol. The van der Waals surface area contributed by atoms with Crippen molar-refractivity contribution in [1.82, 2.24) is 4.98 Å². The van der Waals surface area contributed by atoms with Crippen LogP contribution in [0.3, 0.4) is 0 Å². The first-order chi connectivity index (χ1) is 14.0. The third kappa shape index (κ3) is 3.85. The number of nitrogens with one attached hydrogen (secondary N) is 2. The van der Waals surface area contributed by atoms with Gasteiger partial charge in [0.2, 0.25) is 0 Å². The highest BCUT2D eigenvalue weighted by Crippen LogP contribution is 2.36. The highest BCUT2D eigenvalue weighted by molar-refractivity contribution is 5.86. The Morgan fingerprint density at radius 1 is 1.00 bits per heavy atom. The standard InChI is InChI=1S/C24H23N3O2/c1-15-12-13-25-21(14-15)27-22(17-6-9-19(29-3)10-7-17)20-11-8-18-5-4-16(2)26-23(18)24(20)28/h4-14,22,28H,1-3H3,(H,25,27)/p+1/t22-/m0/s1. The van der Waals surface area contributed by atoms with Crippen molar-refractivity contribution in [1.29, 1.82) is 0 Å². The average molecular weight is 386 g/mol. The van der Waals surface area contributed by atoms with E-state index < -0.39 is 0 Å². The Balaban J connectivity index is 1.84. The molecule has 0 aliphatic carbocycles. The number of ether oxygens (including phenoxy) is 1. The van der Waals surface area contributed by atoms with Gasteiger partial charge in [0.15, 0.2) is 0 Å². The summed E-state index contributed by atoms with van der Waals surface area (Å²) < 4.78 is 5.30. The van der Waals surface area contributed by atoms with E-state index >= 15 is 0 Å². The van der Waals surface area contributed by atoms with Crippen LogP contribution >= 0.6 is 0 Å². The Morgan fingerprint density at radius 2 is 1.76 bits per heavy atom. The lowest BCUT2D eigenvalue weighted by Crippen LogP contribution is -2.19. The van der Waals surface area contributed by atoms with Crippen LogP contribution in [0.4, 0.5) is 5.82 Å². The second-order valence-corrected chi connectivity index (χ2v) is 7.16. The Bertz CT molecular complexity index is 1160. The van der Waals surface area contributed by atoms with E-state index in [-0.39, 0.29) is 11.8 Å². The minimum absolute atomic E-state index is 0.187. The summed E-state index contributed by atoms with van der Waals surface area (Å²) in [6.07, 6.45) is 1.90. The molecule has 2 aromatic heterocycles. The van der Waals surface area contributed by atoms with Crippen LogP contribution in [0.15, 0.2) is 66.9 Å². The van der Waals surface area contributed by atoms with Gasteiger partial charge in [-0.3, -0.25) is 5.32 Å². The van der Waals surface area contributed by atoms with Crippen molar-refractivity contribution < 1.29 is 14.8 Å². The van der Waals surface area contributed by atoms with Crippen molar-refractivity contribution in [3.63, 3.8) is 0 Å². The van der Waals surface area contributed by atoms with E-state index in [1.54, 1.807) is 7.11 Å². The van der Waals surface area contributed by atoms with Crippen LogP contribution in [0.25, 0.3) is 10.9 Å². The molecule has 4 rings (SSSR count). The number of rotatable bonds is 5. The topological polar surface area (TPSA) is 68.5 Å². The molecule has 2 aromatic carbocycles. The molecule has 0 bridgehead atoms. The number of aryl methyl sites for hydroxylation is 2. The first kappa shape index (κ1) is 18.7. The minimum Gasteiger partial charge on any atom is -0.505 e. The summed E-state index contributed by atoms with van der Waals surface area (Å²) in [5.74, 6) is 1.84. The molecule has 0 amide bonds. The van der Waals surface area contributed by atoms with Gasteiger partial charge in [-0.25, -0.2) is 9.97 Å². The van der Waals surface area contributed by atoms with Crippen LogP contribution in [0, 0.1) is 13.8 Å². The number of benzene rings is 2. The van der Waals surface area contributed by atoms with Crippen LogP contribution in [0.1, 0.15) is 28.4 Å². The number of pyridine rings is 2. The lowest BCUT2D eigenvalue weighted by molar-refractivity contribution is -0.361. The highest BCUT2D eigenvalue weighted by Gasteiger charge is 2.24. The van der Waals surface area contributed by atoms with E-state index in [0.29, 0.717) is 5.52 Å². The summed E-state index contributed by atoms with van der Waals surface area (Å²) in [5, 5.41) is 15.5. The normalized spacial score (nSPS) is 12.0. The predicted molar refractivity (Wildman–Crippen MR) is 114 cm³/mol. The van der Waals surface area contributed by atoms with Gasteiger partial charge in [0, 0.05) is 28.3 Å². The number of phenols is 1. The van der Waals surface area contributed by atoms with Gasteiger partial charge in [-0.05, 0) is 49.7 Å². The first-order valence-corrected chi connectivity index (χ1v) is 9.53. The molecule has 1 atom stereocenters. The fraction of sp³-hybridized carbons (Fsp3) is 0.167. The summed E-state index contributed by atoms with van der Waals surface area (Å²) in [6, 6.07) is 19.5. The number of aromatic hydroxyl groups is 1. The van der Waals surface area contributed by atoms with Crippen LogP contribution in [-0.2, 0) is 0 Å². The number of aromatic nitrogens is 2. The van der Waals surface area contributed by atoms with E-state index in [4.69, 9.17) is 4.74 Å². The fourth-order valence-electron chi connectivity index (χ4n) is 3.48. The Morgan fingerprint density at radius 3 is 2.48 bits per heavy atom. The van der Waals surface area contributed by atoms with Crippen molar-refractivity contribution in [2.24, 2.45) is 0 Å². The summed E-state index contributed by atoms with van der Waals surface area (Å²) in [6.45, 7) is 3.97. The van der Waals surface area contributed by atoms with Crippen molar-refractivity contribution in [3.05, 3.63) is 89.2 Å². The molecule has 0 aliphatic rings. The number of methoxy groups -OCH3 is 1. The Hall–Kier alpha value is -3.60. The molecule has 146 valence electrons. The third-order valence-electron chi connectivity index (χ3n) is 5.02. The summed E-state index contributed by atoms with van der Waals surface area (Å²) >= 11 is 0. The number of anilines is 1. The van der Waals surface area contributed by atoms with Crippen molar-refractivity contribution in [2.75, 3.05) is 12.4 Å². The number of fused-ring (bicyclic) bond motifs is 1. The molecule has 0 radical (unpaired) electrons. The van der Waals surface area contributed by atoms with E-state index in [9.17, 15) is 5.11 Å². The van der Waals surface area contributed by atoms with Crippen LogP contribution in [-0.4, -0.2) is 17.2 Å². The van der Waals surface area contributed by atoms with Gasteiger partial charge < -0.3 is 9.84 Å². The molecule has 0 aliphatic heterocycles. The Labute approximate surface area is 170 Å².